The summed E-state index contributed by atoms with van der Waals surface area (Å²) in [5.74, 6) is 0.510. The fourth-order valence-electron chi connectivity index (χ4n) is 5.29. The zero-order valence-electron chi connectivity index (χ0n) is 23.2. The van der Waals surface area contributed by atoms with Crippen LogP contribution in [0.1, 0.15) is 43.5 Å². The van der Waals surface area contributed by atoms with Gasteiger partial charge < -0.3 is 20.6 Å². The molecule has 0 unspecified atom stereocenters. The van der Waals surface area contributed by atoms with Gasteiger partial charge in [0.15, 0.2) is 11.6 Å². The van der Waals surface area contributed by atoms with Gasteiger partial charge >= 0.3 is 0 Å². The van der Waals surface area contributed by atoms with Crippen molar-refractivity contribution >= 4 is 56.4 Å². The summed E-state index contributed by atoms with van der Waals surface area (Å²) in [7, 11) is 0. The van der Waals surface area contributed by atoms with E-state index in [0.717, 1.165) is 33.2 Å². The molecule has 8 rings (SSSR count). The predicted octanol–water partition coefficient (Wildman–Crippen LogP) is 5.39. The van der Waals surface area contributed by atoms with E-state index in [4.69, 9.17) is 0 Å². The number of imidazole rings is 2. The summed E-state index contributed by atoms with van der Waals surface area (Å²) >= 11 is 0. The number of allylic oxidation sites excluding steroid dienone is 2. The number of carbonyl (C=O) groups is 2. The third-order valence-corrected chi connectivity index (χ3v) is 7.34. The van der Waals surface area contributed by atoms with Gasteiger partial charge in [-0.25, -0.2) is 9.97 Å². The van der Waals surface area contributed by atoms with Crippen LogP contribution in [0.25, 0.3) is 44.6 Å². The van der Waals surface area contributed by atoms with Gasteiger partial charge in [0.05, 0.1) is 33.5 Å². The average molecular weight is 632 g/mol. The van der Waals surface area contributed by atoms with Gasteiger partial charge in [-0.1, -0.05) is 60.7 Å². The molecule has 217 valence electrons. The third kappa shape index (κ3) is 5.04. The number of carbonyl (C=O) groups excluding carboxylic acids is 2. The standard InChI is InChI=1S/2C17H10N4O.Co/c2*18-9-12(16-19-13-7-3-4-8-14(13)20-16)15-10-5-1-2-6-11(10)17(22)21-15;/h2*1-8H,(H,19,20)(H,21,22);/b15-12+;15-12-;. The van der Waals surface area contributed by atoms with Crippen LogP contribution in [-0.4, -0.2) is 31.8 Å². The fourth-order valence-corrected chi connectivity index (χ4v) is 5.29. The molecule has 4 aromatic carbocycles. The Morgan fingerprint density at radius 2 is 0.889 bits per heavy atom. The molecule has 6 aromatic rings. The molecule has 0 saturated heterocycles. The maximum absolute atomic E-state index is 12.0. The number of fused-ring (bicyclic) bond motifs is 4. The van der Waals surface area contributed by atoms with Crippen LogP contribution in [-0.2, 0) is 16.8 Å². The molecular formula is C34H20CoN8O2. The van der Waals surface area contributed by atoms with Crippen molar-refractivity contribution < 1.29 is 26.4 Å². The average Bonchev–Trinajstić information content (AvgIpc) is 3.83. The number of nitrogens with zero attached hydrogens (tertiary/aromatic N) is 4. The molecule has 2 aliphatic rings. The van der Waals surface area contributed by atoms with Crippen molar-refractivity contribution in [2.45, 2.75) is 0 Å². The second-order valence-corrected chi connectivity index (χ2v) is 9.93. The number of nitriles is 2. The van der Waals surface area contributed by atoms with Crippen molar-refractivity contribution in [3.63, 3.8) is 0 Å². The zero-order valence-corrected chi connectivity index (χ0v) is 24.2. The van der Waals surface area contributed by atoms with E-state index >= 15 is 0 Å². The van der Waals surface area contributed by atoms with Gasteiger partial charge in [0, 0.05) is 39.0 Å². The van der Waals surface area contributed by atoms with Gasteiger partial charge in [-0.2, -0.15) is 10.5 Å². The van der Waals surface area contributed by atoms with E-state index in [9.17, 15) is 20.1 Å². The van der Waals surface area contributed by atoms with Crippen molar-refractivity contribution in [3.05, 3.63) is 131 Å². The Kier molecular flexibility index (Phi) is 7.55. The Balaban J connectivity index is 0.000000155. The molecule has 0 fully saturated rings. The minimum Gasteiger partial charge on any atom is -0.337 e. The van der Waals surface area contributed by atoms with Crippen LogP contribution in [0, 0.1) is 22.7 Å². The molecular weight excluding hydrogens is 611 g/mol. The summed E-state index contributed by atoms with van der Waals surface area (Å²) in [6, 6.07) is 33.8. The molecule has 0 bridgehead atoms. The normalized spacial score (nSPS) is 15.0. The summed E-state index contributed by atoms with van der Waals surface area (Å²) in [4.78, 5) is 39.2. The Labute approximate surface area is 266 Å². The first-order valence-electron chi connectivity index (χ1n) is 13.6. The molecule has 10 nitrogen and oxygen atoms in total. The molecule has 2 aliphatic heterocycles. The number of rotatable bonds is 2. The number of aromatic nitrogens is 4. The third-order valence-electron chi connectivity index (χ3n) is 7.34. The molecule has 0 saturated carbocycles. The number of hydrogen-bond donors (Lipinski definition) is 4. The quantitative estimate of drug-likeness (QED) is 0.187. The molecule has 1 radical (unpaired) electrons. The first kappa shape index (κ1) is 28.8. The van der Waals surface area contributed by atoms with Crippen molar-refractivity contribution in [2.24, 2.45) is 0 Å². The van der Waals surface area contributed by atoms with E-state index in [1.807, 2.05) is 72.8 Å². The molecule has 0 spiro atoms. The van der Waals surface area contributed by atoms with Gasteiger partial charge in [-0.3, -0.25) is 9.59 Å². The van der Waals surface area contributed by atoms with Gasteiger partial charge in [0.1, 0.15) is 23.3 Å². The van der Waals surface area contributed by atoms with Crippen LogP contribution < -0.4 is 10.6 Å². The molecule has 45 heavy (non-hydrogen) atoms. The van der Waals surface area contributed by atoms with Gasteiger partial charge in [0.2, 0.25) is 0 Å². The maximum atomic E-state index is 12.0. The summed E-state index contributed by atoms with van der Waals surface area (Å²) in [6.07, 6.45) is 0. The Hall–Kier alpha value is -6.27. The first-order chi connectivity index (χ1) is 21.6. The SMILES string of the molecule is N#C/C(=C1/NC(=O)c2ccccc21)c1nc2ccccc2[nH]1.N#C/C(=C1\NC(=O)c2ccccc21)c1nc2ccccc2[nH]1.[Co]. The number of H-pyrrole nitrogens is 2. The Morgan fingerprint density at radius 1 is 0.533 bits per heavy atom. The summed E-state index contributed by atoms with van der Waals surface area (Å²) < 4.78 is 0. The van der Waals surface area contributed by atoms with Crippen molar-refractivity contribution in [1.82, 2.24) is 30.6 Å². The topological polar surface area (TPSA) is 163 Å². The minimum atomic E-state index is -0.200. The second-order valence-electron chi connectivity index (χ2n) is 9.93. The van der Waals surface area contributed by atoms with Crippen LogP contribution >= 0.6 is 0 Å². The number of para-hydroxylation sites is 4. The minimum absolute atomic E-state index is 0. The molecule has 2 amide bonds. The number of amides is 2. The predicted molar refractivity (Wildman–Crippen MR) is 165 cm³/mol. The van der Waals surface area contributed by atoms with Crippen LogP contribution in [0.3, 0.4) is 0 Å². The Morgan fingerprint density at radius 3 is 1.27 bits per heavy atom. The van der Waals surface area contributed by atoms with Crippen molar-refractivity contribution in [2.75, 3.05) is 0 Å². The largest absolute Gasteiger partial charge is 0.337 e. The molecule has 4 N–H and O–H groups in total. The van der Waals surface area contributed by atoms with Crippen LogP contribution in [0.15, 0.2) is 97.1 Å². The maximum Gasteiger partial charge on any atom is 0.256 e. The number of aromatic amines is 2. The number of benzene rings is 4. The van der Waals surface area contributed by atoms with Crippen LogP contribution in [0.4, 0.5) is 0 Å². The molecule has 0 atom stereocenters. The molecule has 4 heterocycles. The zero-order chi connectivity index (χ0) is 30.2. The van der Waals surface area contributed by atoms with Crippen molar-refractivity contribution in [1.29, 1.82) is 10.5 Å². The monoisotopic (exact) mass is 631 g/mol. The molecule has 0 aliphatic carbocycles. The summed E-state index contributed by atoms with van der Waals surface area (Å²) in [5.41, 5.74) is 7.52. The number of hydrogen-bond acceptors (Lipinski definition) is 6. The molecule has 11 heteroatoms. The summed E-state index contributed by atoms with van der Waals surface area (Å²) in [6.45, 7) is 0. The van der Waals surface area contributed by atoms with E-state index in [-0.39, 0.29) is 28.6 Å². The second kappa shape index (κ2) is 11.8. The van der Waals surface area contributed by atoms with E-state index in [1.54, 1.807) is 24.3 Å². The summed E-state index contributed by atoms with van der Waals surface area (Å²) in [5, 5.41) is 24.7. The van der Waals surface area contributed by atoms with Crippen LogP contribution in [0.2, 0.25) is 0 Å². The number of nitrogens with one attached hydrogen (secondary N) is 4. The van der Waals surface area contributed by atoms with E-state index < -0.39 is 0 Å². The Bertz CT molecular complexity index is 2090. The van der Waals surface area contributed by atoms with Crippen LogP contribution in [0.5, 0.6) is 0 Å². The smallest absolute Gasteiger partial charge is 0.256 e. The van der Waals surface area contributed by atoms with Gasteiger partial charge in [-0.15, -0.1) is 0 Å². The van der Waals surface area contributed by atoms with Gasteiger partial charge in [-0.05, 0) is 36.4 Å². The van der Waals surface area contributed by atoms with Crippen molar-refractivity contribution in [3.8, 4) is 12.1 Å². The van der Waals surface area contributed by atoms with E-state index in [1.165, 1.54) is 0 Å². The fraction of sp³-hybridized carbons (Fsp3) is 0. The first-order valence-corrected chi connectivity index (χ1v) is 13.6. The van der Waals surface area contributed by atoms with Gasteiger partial charge in [0.25, 0.3) is 11.8 Å². The molecule has 2 aromatic heterocycles. The van der Waals surface area contributed by atoms with E-state index in [2.05, 4.69) is 42.7 Å². The van der Waals surface area contributed by atoms with E-state index in [0.29, 0.717) is 45.3 Å².